The van der Waals surface area contributed by atoms with Crippen LogP contribution in [0.4, 0.5) is 15.8 Å². The highest BCUT2D eigenvalue weighted by molar-refractivity contribution is 6.10. The summed E-state index contributed by atoms with van der Waals surface area (Å²) in [6, 6.07) is 10.9. The van der Waals surface area contributed by atoms with E-state index in [9.17, 15) is 14.0 Å². The van der Waals surface area contributed by atoms with Crippen molar-refractivity contribution in [3.63, 3.8) is 0 Å². The van der Waals surface area contributed by atoms with Gasteiger partial charge in [-0.2, -0.15) is 0 Å². The topological polar surface area (TPSA) is 91.8 Å². The first-order chi connectivity index (χ1) is 14.4. The third-order valence-corrected chi connectivity index (χ3v) is 4.61. The Morgan fingerprint density at radius 2 is 2.03 bits per heavy atom. The molecule has 1 heterocycles. The number of rotatable bonds is 5. The molecule has 2 aromatic rings. The molecule has 0 spiro atoms. The van der Waals surface area contributed by atoms with E-state index in [1.165, 1.54) is 19.1 Å². The highest BCUT2D eigenvalue weighted by Gasteiger charge is 2.16. The number of ether oxygens (including phenoxy) is 1. The van der Waals surface area contributed by atoms with E-state index in [0.717, 1.165) is 18.4 Å². The average Bonchev–Trinajstić information content (AvgIpc) is 3.21. The van der Waals surface area contributed by atoms with Gasteiger partial charge < -0.3 is 15.4 Å². The monoisotopic (exact) mass is 412 g/mol. The molecule has 1 fully saturated rings. The first kappa shape index (κ1) is 21.4. The van der Waals surface area contributed by atoms with Gasteiger partial charge in [-0.05, 0) is 55.7 Å². The summed E-state index contributed by atoms with van der Waals surface area (Å²) in [4.78, 5) is 28.6. The van der Waals surface area contributed by atoms with Gasteiger partial charge in [-0.1, -0.05) is 12.1 Å². The Morgan fingerprint density at radius 3 is 2.73 bits per heavy atom. The molecule has 0 bridgehead atoms. The third kappa shape index (κ3) is 6.12. The van der Waals surface area contributed by atoms with Crippen LogP contribution in [0.3, 0.4) is 0 Å². The maximum absolute atomic E-state index is 13.5. The number of hydrogen-bond acceptors (Lipinski definition) is 4. The zero-order valence-electron chi connectivity index (χ0n) is 17.0. The summed E-state index contributed by atoms with van der Waals surface area (Å²) in [5, 5.41) is 8.40. The second-order valence-electron chi connectivity index (χ2n) is 7.12. The van der Waals surface area contributed by atoms with E-state index in [1.54, 1.807) is 30.3 Å². The SMILES string of the molecule is CC(=O)Nc1cc(C(=O)NC(=NCC2CCCO2)Nc2cccc(F)c2)ccc1C. The standard InChI is InChI=1S/C22H25FN4O3/c1-14-8-9-16(11-20(14)25-15(2)28)21(29)27-22(24-13-19-7-4-10-30-19)26-18-6-3-5-17(23)12-18/h3,5-6,8-9,11-12,19H,4,7,10,13H2,1-2H3,(H,25,28)(H2,24,26,27,29). The molecule has 1 aliphatic heterocycles. The van der Waals surface area contributed by atoms with Gasteiger partial charge in [0.2, 0.25) is 11.9 Å². The van der Waals surface area contributed by atoms with Crippen molar-refractivity contribution in [2.45, 2.75) is 32.8 Å². The van der Waals surface area contributed by atoms with E-state index < -0.39 is 11.7 Å². The van der Waals surface area contributed by atoms with Gasteiger partial charge in [-0.3, -0.25) is 14.9 Å². The fourth-order valence-corrected chi connectivity index (χ4v) is 3.06. The van der Waals surface area contributed by atoms with E-state index in [1.807, 2.05) is 6.92 Å². The Kier molecular flexibility index (Phi) is 7.13. The molecule has 1 saturated heterocycles. The Bertz CT molecular complexity index is 955. The van der Waals surface area contributed by atoms with Gasteiger partial charge in [0.25, 0.3) is 5.91 Å². The number of carbonyl (C=O) groups excluding carboxylic acids is 2. The van der Waals surface area contributed by atoms with Crippen molar-refractivity contribution >= 4 is 29.1 Å². The van der Waals surface area contributed by atoms with Gasteiger partial charge in [0.05, 0.1) is 12.6 Å². The Morgan fingerprint density at radius 1 is 1.20 bits per heavy atom. The minimum atomic E-state index is -0.406. The van der Waals surface area contributed by atoms with Crippen LogP contribution in [0.5, 0.6) is 0 Å². The van der Waals surface area contributed by atoms with Crippen LogP contribution < -0.4 is 16.0 Å². The van der Waals surface area contributed by atoms with Crippen LogP contribution >= 0.6 is 0 Å². The first-order valence-corrected chi connectivity index (χ1v) is 9.79. The molecule has 0 aliphatic carbocycles. The lowest BCUT2D eigenvalue weighted by Gasteiger charge is -2.14. The maximum Gasteiger partial charge on any atom is 0.258 e. The summed E-state index contributed by atoms with van der Waals surface area (Å²) < 4.78 is 19.1. The molecule has 158 valence electrons. The van der Waals surface area contributed by atoms with E-state index in [2.05, 4.69) is 20.9 Å². The van der Waals surface area contributed by atoms with Crippen LogP contribution in [-0.2, 0) is 9.53 Å². The van der Waals surface area contributed by atoms with Crippen molar-refractivity contribution in [2.75, 3.05) is 23.8 Å². The van der Waals surface area contributed by atoms with E-state index in [0.29, 0.717) is 30.1 Å². The van der Waals surface area contributed by atoms with Crippen molar-refractivity contribution in [3.05, 3.63) is 59.4 Å². The molecule has 2 amide bonds. The van der Waals surface area contributed by atoms with Crippen molar-refractivity contribution in [1.82, 2.24) is 5.32 Å². The number of aliphatic imine (C=N–C) groups is 1. The molecule has 3 N–H and O–H groups in total. The number of nitrogens with one attached hydrogen (secondary N) is 3. The zero-order chi connectivity index (χ0) is 21.5. The third-order valence-electron chi connectivity index (χ3n) is 4.61. The van der Waals surface area contributed by atoms with Crippen molar-refractivity contribution in [1.29, 1.82) is 0 Å². The molecule has 1 unspecified atom stereocenters. The lowest BCUT2D eigenvalue weighted by molar-refractivity contribution is -0.114. The summed E-state index contributed by atoms with van der Waals surface area (Å²) in [7, 11) is 0. The molecule has 30 heavy (non-hydrogen) atoms. The van der Waals surface area contributed by atoms with Crippen molar-refractivity contribution in [3.8, 4) is 0 Å². The van der Waals surface area contributed by atoms with Crippen LogP contribution in [-0.4, -0.2) is 37.0 Å². The highest BCUT2D eigenvalue weighted by Crippen LogP contribution is 2.17. The predicted molar refractivity (Wildman–Crippen MR) is 114 cm³/mol. The lowest BCUT2D eigenvalue weighted by Crippen LogP contribution is -2.36. The van der Waals surface area contributed by atoms with Gasteiger partial charge in [-0.15, -0.1) is 0 Å². The van der Waals surface area contributed by atoms with E-state index >= 15 is 0 Å². The second kappa shape index (κ2) is 9.98. The van der Waals surface area contributed by atoms with Crippen molar-refractivity contribution in [2.24, 2.45) is 4.99 Å². The van der Waals surface area contributed by atoms with Crippen LogP contribution in [0.2, 0.25) is 0 Å². The Hall–Kier alpha value is -3.26. The van der Waals surface area contributed by atoms with Gasteiger partial charge in [0.15, 0.2) is 0 Å². The van der Waals surface area contributed by atoms with Gasteiger partial charge in [0, 0.05) is 30.5 Å². The average molecular weight is 412 g/mol. The normalized spacial score (nSPS) is 16.2. The lowest BCUT2D eigenvalue weighted by atomic mass is 10.1. The predicted octanol–water partition coefficient (Wildman–Crippen LogP) is 3.47. The molecule has 3 rings (SSSR count). The molecular formula is C22H25FN4O3. The number of amides is 2. The number of anilines is 2. The molecule has 1 aliphatic rings. The fraction of sp³-hybridized carbons (Fsp3) is 0.318. The van der Waals surface area contributed by atoms with Gasteiger partial charge in [-0.25, -0.2) is 9.38 Å². The molecule has 0 aromatic heterocycles. The summed E-state index contributed by atoms with van der Waals surface area (Å²) in [5.41, 5.74) is 2.22. The summed E-state index contributed by atoms with van der Waals surface area (Å²) in [6.45, 7) is 4.33. The second-order valence-corrected chi connectivity index (χ2v) is 7.12. The Balaban J connectivity index is 1.78. The minimum Gasteiger partial charge on any atom is -0.376 e. The maximum atomic E-state index is 13.5. The number of aryl methyl sites for hydroxylation is 1. The van der Waals surface area contributed by atoms with Crippen LogP contribution in [0.15, 0.2) is 47.5 Å². The molecular weight excluding hydrogens is 387 g/mol. The highest BCUT2D eigenvalue weighted by atomic mass is 19.1. The van der Waals surface area contributed by atoms with Crippen LogP contribution in [0, 0.1) is 12.7 Å². The van der Waals surface area contributed by atoms with Gasteiger partial charge in [0.1, 0.15) is 5.82 Å². The van der Waals surface area contributed by atoms with E-state index in [4.69, 9.17) is 4.74 Å². The number of hydrogen-bond donors (Lipinski definition) is 3. The Labute approximate surface area is 174 Å². The summed E-state index contributed by atoms with van der Waals surface area (Å²) >= 11 is 0. The molecule has 0 saturated carbocycles. The largest absolute Gasteiger partial charge is 0.376 e. The molecule has 0 radical (unpaired) electrons. The minimum absolute atomic E-state index is 0.00282. The van der Waals surface area contributed by atoms with Crippen molar-refractivity contribution < 1.29 is 18.7 Å². The summed E-state index contributed by atoms with van der Waals surface area (Å²) in [6.07, 6.45) is 1.88. The molecule has 2 aromatic carbocycles. The first-order valence-electron chi connectivity index (χ1n) is 9.79. The van der Waals surface area contributed by atoms with Crippen LogP contribution in [0.1, 0.15) is 35.7 Å². The quantitative estimate of drug-likeness (QED) is 0.518. The van der Waals surface area contributed by atoms with Crippen LogP contribution in [0.25, 0.3) is 0 Å². The number of carbonyl (C=O) groups is 2. The number of nitrogens with zero attached hydrogens (tertiary/aromatic N) is 1. The molecule has 8 heteroatoms. The number of guanidine groups is 1. The summed E-state index contributed by atoms with van der Waals surface area (Å²) in [5.74, 6) is -0.829. The smallest absolute Gasteiger partial charge is 0.258 e. The molecule has 7 nitrogen and oxygen atoms in total. The molecule has 1 atom stereocenters. The zero-order valence-corrected chi connectivity index (χ0v) is 17.0. The van der Waals surface area contributed by atoms with Gasteiger partial charge >= 0.3 is 0 Å². The number of halogens is 1. The fourth-order valence-electron chi connectivity index (χ4n) is 3.06. The van der Waals surface area contributed by atoms with E-state index in [-0.39, 0.29) is 18.0 Å². The number of benzene rings is 2.